The summed E-state index contributed by atoms with van der Waals surface area (Å²) in [4.78, 5) is 15.1. The van der Waals surface area contributed by atoms with Crippen molar-refractivity contribution in [3.8, 4) is 0 Å². The van der Waals surface area contributed by atoms with Crippen molar-refractivity contribution < 1.29 is 4.79 Å². The number of aromatic nitrogens is 1. The van der Waals surface area contributed by atoms with Gasteiger partial charge in [-0.15, -0.1) is 0 Å². The number of rotatable bonds is 2. The minimum atomic E-state index is 0.119. The van der Waals surface area contributed by atoms with Gasteiger partial charge in [-0.2, -0.15) is 0 Å². The number of para-hydroxylation sites is 1. The van der Waals surface area contributed by atoms with Gasteiger partial charge in [0.1, 0.15) is 5.69 Å². The van der Waals surface area contributed by atoms with Gasteiger partial charge in [-0.25, -0.2) is 0 Å². The lowest BCUT2D eigenvalue weighted by Gasteiger charge is -2.28. The van der Waals surface area contributed by atoms with E-state index in [1.807, 2.05) is 35.2 Å². The highest BCUT2D eigenvalue weighted by Gasteiger charge is 2.31. The average molecular weight is 304 g/mol. The van der Waals surface area contributed by atoms with Crippen LogP contribution >= 0.6 is 0 Å². The van der Waals surface area contributed by atoms with Crippen LogP contribution in [0.1, 0.15) is 28.5 Å². The third-order valence-corrected chi connectivity index (χ3v) is 4.74. The molecule has 116 valence electrons. The highest BCUT2D eigenvalue weighted by Crippen LogP contribution is 2.33. The molecule has 0 saturated heterocycles. The van der Waals surface area contributed by atoms with Crippen molar-refractivity contribution in [2.24, 2.45) is 0 Å². The highest BCUT2D eigenvalue weighted by atomic mass is 16.2. The van der Waals surface area contributed by atoms with E-state index in [1.165, 1.54) is 22.0 Å². The Morgan fingerprint density at radius 3 is 2.61 bits per heavy atom. The molecule has 0 aliphatic carbocycles. The van der Waals surface area contributed by atoms with Crippen LogP contribution in [-0.4, -0.2) is 17.0 Å². The average Bonchev–Trinajstić information content (AvgIpc) is 2.90. The fourth-order valence-electron chi connectivity index (χ4n) is 3.67. The SMILES string of the molecule is CCn1c2c(c3cc(C)ccc31)CCN(c1ccccc1)C2=O. The molecule has 3 nitrogen and oxygen atoms in total. The van der Waals surface area contributed by atoms with Crippen LogP contribution in [0, 0.1) is 6.92 Å². The molecule has 0 radical (unpaired) electrons. The van der Waals surface area contributed by atoms with Gasteiger partial charge in [-0.05, 0) is 50.1 Å². The molecule has 0 spiro atoms. The van der Waals surface area contributed by atoms with Crippen molar-refractivity contribution in [1.82, 2.24) is 4.57 Å². The Kier molecular flexibility index (Phi) is 3.22. The standard InChI is InChI=1S/C20H20N2O/c1-3-21-18-10-9-14(2)13-17(18)16-11-12-22(20(23)19(16)21)15-7-5-4-6-8-15/h4-10,13H,3,11-12H2,1-2H3. The number of amides is 1. The van der Waals surface area contributed by atoms with E-state index < -0.39 is 0 Å². The molecule has 1 aliphatic heterocycles. The van der Waals surface area contributed by atoms with Gasteiger partial charge in [0.15, 0.2) is 0 Å². The first-order chi connectivity index (χ1) is 11.2. The first-order valence-electron chi connectivity index (χ1n) is 8.19. The van der Waals surface area contributed by atoms with Crippen molar-refractivity contribution in [3.05, 3.63) is 65.4 Å². The van der Waals surface area contributed by atoms with Crippen molar-refractivity contribution in [2.75, 3.05) is 11.4 Å². The van der Waals surface area contributed by atoms with E-state index in [9.17, 15) is 4.79 Å². The second kappa shape index (κ2) is 5.27. The van der Waals surface area contributed by atoms with Gasteiger partial charge < -0.3 is 9.47 Å². The van der Waals surface area contributed by atoms with Gasteiger partial charge in [0.2, 0.25) is 0 Å². The topological polar surface area (TPSA) is 25.2 Å². The smallest absolute Gasteiger partial charge is 0.275 e. The molecule has 0 saturated carbocycles. The normalized spacial score (nSPS) is 14.3. The van der Waals surface area contributed by atoms with E-state index in [0.717, 1.165) is 30.9 Å². The maximum Gasteiger partial charge on any atom is 0.275 e. The Morgan fingerprint density at radius 2 is 1.87 bits per heavy atom. The molecule has 2 heterocycles. The first-order valence-corrected chi connectivity index (χ1v) is 8.19. The number of nitrogens with zero attached hydrogens (tertiary/aromatic N) is 2. The van der Waals surface area contributed by atoms with Crippen LogP contribution in [0.3, 0.4) is 0 Å². The first kappa shape index (κ1) is 14.1. The molecule has 1 aromatic heterocycles. The zero-order valence-electron chi connectivity index (χ0n) is 13.5. The highest BCUT2D eigenvalue weighted by molar-refractivity contribution is 6.11. The summed E-state index contributed by atoms with van der Waals surface area (Å²) in [5.41, 5.74) is 5.47. The van der Waals surface area contributed by atoms with Crippen LogP contribution in [0.5, 0.6) is 0 Å². The van der Waals surface area contributed by atoms with E-state index in [4.69, 9.17) is 0 Å². The largest absolute Gasteiger partial charge is 0.337 e. The zero-order chi connectivity index (χ0) is 16.0. The Bertz CT molecular complexity index is 893. The summed E-state index contributed by atoms with van der Waals surface area (Å²) in [6, 6.07) is 16.4. The summed E-state index contributed by atoms with van der Waals surface area (Å²) in [6.45, 7) is 5.76. The second-order valence-corrected chi connectivity index (χ2v) is 6.13. The molecule has 0 unspecified atom stereocenters. The summed E-state index contributed by atoms with van der Waals surface area (Å²) in [7, 11) is 0. The zero-order valence-corrected chi connectivity index (χ0v) is 13.5. The van der Waals surface area contributed by atoms with Gasteiger partial charge in [0.25, 0.3) is 5.91 Å². The number of aryl methyl sites for hydroxylation is 2. The molecule has 0 fully saturated rings. The van der Waals surface area contributed by atoms with Gasteiger partial charge >= 0.3 is 0 Å². The van der Waals surface area contributed by atoms with Crippen molar-refractivity contribution in [3.63, 3.8) is 0 Å². The minimum absolute atomic E-state index is 0.119. The van der Waals surface area contributed by atoms with Gasteiger partial charge in [-0.3, -0.25) is 4.79 Å². The predicted molar refractivity (Wildman–Crippen MR) is 94.2 cm³/mol. The summed E-state index contributed by atoms with van der Waals surface area (Å²) >= 11 is 0. The van der Waals surface area contributed by atoms with Crippen LogP contribution in [0.15, 0.2) is 48.5 Å². The third-order valence-electron chi connectivity index (χ3n) is 4.74. The molecule has 0 bridgehead atoms. The Balaban J connectivity index is 1.91. The lowest BCUT2D eigenvalue weighted by molar-refractivity contribution is 0.0972. The quantitative estimate of drug-likeness (QED) is 0.697. The summed E-state index contributed by atoms with van der Waals surface area (Å²) in [6.07, 6.45) is 0.906. The van der Waals surface area contributed by atoms with Gasteiger partial charge in [0.05, 0.1) is 0 Å². The number of benzene rings is 2. The molecule has 0 N–H and O–H groups in total. The number of hydrogen-bond donors (Lipinski definition) is 0. The third kappa shape index (κ3) is 2.07. The Morgan fingerprint density at radius 1 is 1.09 bits per heavy atom. The lowest BCUT2D eigenvalue weighted by atomic mass is 10.0. The second-order valence-electron chi connectivity index (χ2n) is 6.13. The molecule has 3 aromatic rings. The number of anilines is 1. The fraction of sp³-hybridized carbons (Fsp3) is 0.250. The predicted octanol–water partition coefficient (Wildman–Crippen LogP) is 4.17. The summed E-state index contributed by atoms with van der Waals surface area (Å²) in [5, 5.41) is 1.24. The van der Waals surface area contributed by atoms with Crippen LogP contribution in [0.4, 0.5) is 5.69 Å². The van der Waals surface area contributed by atoms with Crippen molar-refractivity contribution in [2.45, 2.75) is 26.8 Å². The van der Waals surface area contributed by atoms with Gasteiger partial charge in [-0.1, -0.05) is 29.8 Å². The number of hydrogen-bond acceptors (Lipinski definition) is 1. The summed E-state index contributed by atoms with van der Waals surface area (Å²) in [5.74, 6) is 0.119. The molecular weight excluding hydrogens is 284 g/mol. The van der Waals surface area contributed by atoms with Gasteiger partial charge in [0, 0.05) is 29.7 Å². The Hall–Kier alpha value is -2.55. The number of fused-ring (bicyclic) bond motifs is 3. The summed E-state index contributed by atoms with van der Waals surface area (Å²) < 4.78 is 2.17. The number of carbonyl (C=O) groups is 1. The van der Waals surface area contributed by atoms with Crippen LogP contribution in [0.2, 0.25) is 0 Å². The molecule has 1 amide bonds. The molecular formula is C20H20N2O. The molecule has 2 aromatic carbocycles. The van der Waals surface area contributed by atoms with E-state index >= 15 is 0 Å². The van der Waals surface area contributed by atoms with Crippen LogP contribution in [0.25, 0.3) is 10.9 Å². The van der Waals surface area contributed by atoms with Crippen LogP contribution in [-0.2, 0) is 13.0 Å². The lowest BCUT2D eigenvalue weighted by Crippen LogP contribution is -2.38. The molecule has 23 heavy (non-hydrogen) atoms. The van der Waals surface area contributed by atoms with Crippen molar-refractivity contribution in [1.29, 1.82) is 0 Å². The molecule has 0 atom stereocenters. The fourth-order valence-corrected chi connectivity index (χ4v) is 3.67. The molecule has 1 aliphatic rings. The Labute approximate surface area is 136 Å². The minimum Gasteiger partial charge on any atom is -0.337 e. The maximum atomic E-state index is 13.2. The molecule has 3 heteroatoms. The van der Waals surface area contributed by atoms with Crippen LogP contribution < -0.4 is 4.90 Å². The monoisotopic (exact) mass is 304 g/mol. The maximum absolute atomic E-state index is 13.2. The van der Waals surface area contributed by atoms with E-state index in [2.05, 4.69) is 36.6 Å². The van der Waals surface area contributed by atoms with E-state index in [1.54, 1.807) is 0 Å². The molecule has 4 rings (SSSR count). The van der Waals surface area contributed by atoms with E-state index in [0.29, 0.717) is 0 Å². The van der Waals surface area contributed by atoms with E-state index in [-0.39, 0.29) is 5.91 Å². The number of carbonyl (C=O) groups excluding carboxylic acids is 1. The van der Waals surface area contributed by atoms with Crippen molar-refractivity contribution >= 4 is 22.5 Å².